The summed E-state index contributed by atoms with van der Waals surface area (Å²) >= 11 is 1.64. The van der Waals surface area contributed by atoms with Gasteiger partial charge in [0.05, 0.1) is 36.5 Å². The predicted octanol–water partition coefficient (Wildman–Crippen LogP) is 1.44. The highest BCUT2D eigenvalue weighted by Crippen LogP contribution is 2.36. The molecule has 10 nitrogen and oxygen atoms in total. The molecular formula is C22H28N8O2S. The van der Waals surface area contributed by atoms with E-state index in [0.29, 0.717) is 18.6 Å². The zero-order chi connectivity index (χ0) is 23.3. The van der Waals surface area contributed by atoms with Crippen LogP contribution in [0.1, 0.15) is 35.4 Å². The predicted molar refractivity (Wildman–Crippen MR) is 126 cm³/mol. The number of primary amides is 1. The fourth-order valence-corrected chi connectivity index (χ4v) is 6.23. The van der Waals surface area contributed by atoms with Crippen LogP contribution in [0.3, 0.4) is 0 Å². The number of amides is 1. The molecule has 1 fully saturated rings. The third-order valence-electron chi connectivity index (χ3n) is 6.63. The molecule has 11 heteroatoms. The molecule has 2 atom stereocenters. The topological polar surface area (TPSA) is 138 Å². The molecule has 1 saturated heterocycles. The molecule has 5 heterocycles. The smallest absolute Gasteiger partial charge is 0.234 e. The van der Waals surface area contributed by atoms with Crippen molar-refractivity contribution in [3.8, 4) is 5.75 Å². The van der Waals surface area contributed by atoms with Crippen molar-refractivity contribution in [1.82, 2.24) is 29.6 Å². The van der Waals surface area contributed by atoms with Crippen LogP contribution in [-0.2, 0) is 17.8 Å². The number of anilines is 1. The Kier molecular flexibility index (Phi) is 5.61. The summed E-state index contributed by atoms with van der Waals surface area (Å²) in [5, 5.41) is 6.72. The van der Waals surface area contributed by atoms with Gasteiger partial charge in [0.25, 0.3) is 0 Å². The van der Waals surface area contributed by atoms with Crippen molar-refractivity contribution >= 4 is 34.7 Å². The van der Waals surface area contributed by atoms with Gasteiger partial charge in [-0.3, -0.25) is 14.7 Å². The molecule has 174 valence electrons. The Morgan fingerprint density at radius 1 is 1.33 bits per heavy atom. The standard InChI is InChI=1S/C22H28N8O2S/c1-11-8-25-15(12(2)18(11)32-3)9-30-20-17-14(28-30)7-13(10-33-21(17)27-22(24)26-20)29-6-4-5-16(29)19(23)31/h8,13,16H,4-7,9-10H2,1-3H3,(H2,23,31)(H2,24,26,27)/t13?,16-/m0/s1. The largest absolute Gasteiger partial charge is 0.496 e. The van der Waals surface area contributed by atoms with Gasteiger partial charge >= 0.3 is 0 Å². The highest BCUT2D eigenvalue weighted by atomic mass is 32.2. The van der Waals surface area contributed by atoms with Crippen LogP contribution in [0.15, 0.2) is 11.2 Å². The maximum absolute atomic E-state index is 12.0. The fourth-order valence-electron chi connectivity index (χ4n) is 5.06. The van der Waals surface area contributed by atoms with Gasteiger partial charge in [0, 0.05) is 35.5 Å². The van der Waals surface area contributed by atoms with Crippen molar-refractivity contribution < 1.29 is 9.53 Å². The minimum absolute atomic E-state index is 0.135. The van der Waals surface area contributed by atoms with Crippen LogP contribution in [-0.4, -0.2) is 67.0 Å². The lowest BCUT2D eigenvalue weighted by Gasteiger charge is -2.30. The number of aromatic nitrogens is 5. The number of rotatable bonds is 5. The molecule has 4 N–H and O–H groups in total. The average Bonchev–Trinajstić information content (AvgIpc) is 3.34. The number of methoxy groups -OCH3 is 1. The second kappa shape index (κ2) is 8.45. The van der Waals surface area contributed by atoms with Gasteiger partial charge < -0.3 is 16.2 Å². The summed E-state index contributed by atoms with van der Waals surface area (Å²) in [6.07, 6.45) is 4.29. The number of pyridine rings is 1. The minimum atomic E-state index is -0.256. The monoisotopic (exact) mass is 468 g/mol. The van der Waals surface area contributed by atoms with Crippen LogP contribution in [0.2, 0.25) is 0 Å². The summed E-state index contributed by atoms with van der Waals surface area (Å²) in [6.45, 7) is 5.28. The quantitative estimate of drug-likeness (QED) is 0.533. The number of hydrogen-bond donors (Lipinski definition) is 2. The number of likely N-dealkylation sites (tertiary alicyclic amines) is 1. The maximum Gasteiger partial charge on any atom is 0.234 e. The van der Waals surface area contributed by atoms with Gasteiger partial charge in [-0.15, -0.1) is 11.8 Å². The molecule has 0 radical (unpaired) electrons. The number of nitrogen functional groups attached to an aromatic ring is 1. The number of nitrogens with zero attached hydrogens (tertiary/aromatic N) is 6. The number of carbonyl (C=O) groups excluding carboxylic acids is 1. The summed E-state index contributed by atoms with van der Waals surface area (Å²) in [5.41, 5.74) is 16.2. The van der Waals surface area contributed by atoms with Gasteiger partial charge in [0.15, 0.2) is 5.65 Å². The third kappa shape index (κ3) is 3.78. The number of hydrogen-bond acceptors (Lipinski definition) is 9. The van der Waals surface area contributed by atoms with E-state index in [2.05, 4.69) is 19.9 Å². The highest BCUT2D eigenvalue weighted by Gasteiger charge is 2.37. The highest BCUT2D eigenvalue weighted by molar-refractivity contribution is 7.99. The SMILES string of the molecule is COc1c(C)cnc(Cn2nc3c4c(nc(N)nc42)SCC(N2CCC[C@H]2C(N)=O)C3)c1C. The molecule has 5 rings (SSSR count). The molecular weight excluding hydrogens is 440 g/mol. The van der Waals surface area contributed by atoms with Crippen molar-refractivity contribution in [2.45, 2.75) is 56.8 Å². The normalized spacial score (nSPS) is 20.8. The van der Waals surface area contributed by atoms with Gasteiger partial charge in [-0.1, -0.05) is 0 Å². The molecule has 0 spiro atoms. The van der Waals surface area contributed by atoms with Crippen molar-refractivity contribution in [3.05, 3.63) is 28.7 Å². The first-order valence-corrected chi connectivity index (χ1v) is 12.1. The lowest BCUT2D eigenvalue weighted by atomic mass is 10.1. The third-order valence-corrected chi connectivity index (χ3v) is 7.75. The number of nitrogens with two attached hydrogens (primary N) is 2. The second-order valence-corrected chi connectivity index (χ2v) is 9.71. The first-order chi connectivity index (χ1) is 15.9. The van der Waals surface area contributed by atoms with Crippen LogP contribution in [0.4, 0.5) is 5.95 Å². The summed E-state index contributed by atoms with van der Waals surface area (Å²) in [4.78, 5) is 27.9. The lowest BCUT2D eigenvalue weighted by molar-refractivity contribution is -0.122. The zero-order valence-corrected chi connectivity index (χ0v) is 19.9. The van der Waals surface area contributed by atoms with E-state index < -0.39 is 0 Å². The Morgan fingerprint density at radius 3 is 2.91 bits per heavy atom. The Morgan fingerprint density at radius 2 is 2.15 bits per heavy atom. The van der Waals surface area contributed by atoms with E-state index in [1.807, 2.05) is 24.7 Å². The van der Waals surface area contributed by atoms with Crippen LogP contribution in [0, 0.1) is 13.8 Å². The molecule has 1 unspecified atom stereocenters. The van der Waals surface area contributed by atoms with Gasteiger partial charge in [-0.05, 0) is 33.2 Å². The molecule has 0 aromatic carbocycles. The van der Waals surface area contributed by atoms with Crippen molar-refractivity contribution in [3.63, 3.8) is 0 Å². The van der Waals surface area contributed by atoms with Crippen molar-refractivity contribution in [2.24, 2.45) is 5.73 Å². The van der Waals surface area contributed by atoms with E-state index in [4.69, 9.17) is 21.3 Å². The minimum Gasteiger partial charge on any atom is -0.496 e. The van der Waals surface area contributed by atoms with E-state index in [0.717, 1.165) is 63.8 Å². The first kappa shape index (κ1) is 21.9. The van der Waals surface area contributed by atoms with Gasteiger partial charge in [0.2, 0.25) is 11.9 Å². The Balaban J connectivity index is 1.55. The van der Waals surface area contributed by atoms with Crippen LogP contribution in [0.25, 0.3) is 11.0 Å². The Bertz CT molecular complexity index is 1240. The molecule has 2 aliphatic rings. The zero-order valence-electron chi connectivity index (χ0n) is 19.0. The molecule has 0 bridgehead atoms. The number of carbonyl (C=O) groups is 1. The maximum atomic E-state index is 12.0. The van der Waals surface area contributed by atoms with E-state index >= 15 is 0 Å². The first-order valence-electron chi connectivity index (χ1n) is 11.1. The number of thioether (sulfide) groups is 1. The fraction of sp³-hybridized carbons (Fsp3) is 0.500. The summed E-state index contributed by atoms with van der Waals surface area (Å²) in [6, 6.07) is -0.0891. The van der Waals surface area contributed by atoms with E-state index in [1.165, 1.54) is 0 Å². The summed E-state index contributed by atoms with van der Waals surface area (Å²) in [5.74, 6) is 1.59. The van der Waals surface area contributed by atoms with Crippen LogP contribution < -0.4 is 16.2 Å². The van der Waals surface area contributed by atoms with Gasteiger partial charge in [-0.2, -0.15) is 10.1 Å². The second-order valence-electron chi connectivity index (χ2n) is 8.70. The molecule has 2 aliphatic heterocycles. The lowest BCUT2D eigenvalue weighted by Crippen LogP contribution is -2.47. The van der Waals surface area contributed by atoms with Crippen LogP contribution in [0.5, 0.6) is 5.75 Å². The molecule has 3 aromatic heterocycles. The number of ether oxygens (including phenoxy) is 1. The van der Waals surface area contributed by atoms with Gasteiger partial charge in [0.1, 0.15) is 10.8 Å². The Hall–Kier alpha value is -2.92. The molecule has 33 heavy (non-hydrogen) atoms. The average molecular weight is 469 g/mol. The van der Waals surface area contributed by atoms with Crippen molar-refractivity contribution in [2.75, 3.05) is 25.1 Å². The molecule has 0 saturated carbocycles. The molecule has 0 aliphatic carbocycles. The van der Waals surface area contributed by atoms with E-state index in [1.54, 1.807) is 18.9 Å². The Labute approximate surface area is 196 Å². The molecule has 1 amide bonds. The number of aryl methyl sites for hydroxylation is 1. The van der Waals surface area contributed by atoms with Gasteiger partial charge in [-0.25, -0.2) is 9.67 Å². The molecule has 3 aromatic rings. The van der Waals surface area contributed by atoms with E-state index in [-0.39, 0.29) is 23.9 Å². The summed E-state index contributed by atoms with van der Waals surface area (Å²) < 4.78 is 7.43. The van der Waals surface area contributed by atoms with Crippen molar-refractivity contribution in [1.29, 1.82) is 0 Å². The van der Waals surface area contributed by atoms with E-state index in [9.17, 15) is 4.79 Å². The summed E-state index contributed by atoms with van der Waals surface area (Å²) in [7, 11) is 1.67. The van der Waals surface area contributed by atoms with Crippen LogP contribution >= 0.6 is 11.8 Å².